The number of aromatic nitrogens is 2. The molecule has 1 amide bonds. The van der Waals surface area contributed by atoms with Gasteiger partial charge in [0.1, 0.15) is 10.8 Å². The molecular formula is C8H8ClN3O4. The lowest BCUT2D eigenvalue weighted by Crippen LogP contribution is -2.43. The number of aliphatic hydroxyl groups excluding tert-OH is 1. The Bertz CT molecular complexity index is 395. The lowest BCUT2D eigenvalue weighted by molar-refractivity contribution is -0.140. The highest BCUT2D eigenvalue weighted by atomic mass is 35.5. The Morgan fingerprint density at radius 1 is 1.44 bits per heavy atom. The van der Waals surface area contributed by atoms with Crippen LogP contribution in [0.25, 0.3) is 0 Å². The number of amides is 1. The van der Waals surface area contributed by atoms with Crippen molar-refractivity contribution in [2.24, 2.45) is 0 Å². The molecule has 0 aliphatic carbocycles. The van der Waals surface area contributed by atoms with Crippen molar-refractivity contribution >= 4 is 23.5 Å². The number of hydrogen-bond donors (Lipinski definition) is 3. The van der Waals surface area contributed by atoms with Gasteiger partial charge < -0.3 is 15.5 Å². The van der Waals surface area contributed by atoms with Gasteiger partial charge in [-0.3, -0.25) is 4.79 Å². The summed E-state index contributed by atoms with van der Waals surface area (Å²) in [6.45, 7) is -0.706. The monoisotopic (exact) mass is 245 g/mol. The number of nitrogens with zero attached hydrogens (tertiary/aromatic N) is 2. The number of hydrogen-bond acceptors (Lipinski definition) is 5. The maximum Gasteiger partial charge on any atom is 0.328 e. The molecule has 7 nitrogen and oxygen atoms in total. The zero-order valence-corrected chi connectivity index (χ0v) is 8.68. The number of carboxylic acid groups (broad SMARTS) is 1. The van der Waals surface area contributed by atoms with Crippen molar-refractivity contribution in [1.29, 1.82) is 0 Å². The molecule has 0 radical (unpaired) electrons. The number of rotatable bonds is 4. The van der Waals surface area contributed by atoms with Crippen molar-refractivity contribution in [3.05, 3.63) is 23.2 Å². The first-order chi connectivity index (χ1) is 7.54. The van der Waals surface area contributed by atoms with Crippen LogP contribution < -0.4 is 5.32 Å². The Kier molecular flexibility index (Phi) is 4.15. The first kappa shape index (κ1) is 12.3. The fourth-order valence-electron chi connectivity index (χ4n) is 0.847. The predicted octanol–water partition coefficient (Wildman–Crippen LogP) is -0.695. The fraction of sp³-hybridized carbons (Fsp3) is 0.250. The van der Waals surface area contributed by atoms with Gasteiger partial charge in [0, 0.05) is 0 Å². The summed E-state index contributed by atoms with van der Waals surface area (Å²) in [5.74, 6) is -2.08. The minimum atomic E-state index is -1.37. The van der Waals surface area contributed by atoms with Gasteiger partial charge in [-0.15, -0.1) is 0 Å². The van der Waals surface area contributed by atoms with Gasteiger partial charge in [0.2, 0.25) is 0 Å². The third-order valence-electron chi connectivity index (χ3n) is 1.64. The molecule has 1 heterocycles. The molecule has 0 saturated heterocycles. The lowest BCUT2D eigenvalue weighted by atomic mass is 10.3. The van der Waals surface area contributed by atoms with E-state index in [1.165, 1.54) is 0 Å². The van der Waals surface area contributed by atoms with E-state index in [-0.39, 0.29) is 10.8 Å². The third kappa shape index (κ3) is 3.14. The summed E-state index contributed by atoms with van der Waals surface area (Å²) >= 11 is 5.46. The summed E-state index contributed by atoms with van der Waals surface area (Å²) in [6, 6.07) is -1.37. The second-order valence-electron chi connectivity index (χ2n) is 2.77. The van der Waals surface area contributed by atoms with Gasteiger partial charge in [0.15, 0.2) is 6.04 Å². The minimum absolute atomic E-state index is 0.0795. The maximum atomic E-state index is 11.4. The normalized spacial score (nSPS) is 11.9. The average Bonchev–Trinajstić information content (AvgIpc) is 2.26. The average molecular weight is 246 g/mol. The summed E-state index contributed by atoms with van der Waals surface area (Å²) in [6.07, 6.45) is 2.26. The Balaban J connectivity index is 2.71. The predicted molar refractivity (Wildman–Crippen MR) is 53.0 cm³/mol. The number of aliphatic hydroxyl groups is 1. The second kappa shape index (κ2) is 5.38. The highest BCUT2D eigenvalue weighted by Gasteiger charge is 2.20. The molecule has 1 aromatic heterocycles. The topological polar surface area (TPSA) is 112 Å². The number of aliphatic carboxylic acids is 1. The molecule has 0 spiro atoms. The first-order valence-electron chi connectivity index (χ1n) is 4.16. The van der Waals surface area contributed by atoms with Crippen LogP contribution in [-0.4, -0.2) is 44.7 Å². The molecule has 1 rings (SSSR count). The molecule has 0 bridgehead atoms. The summed E-state index contributed by atoms with van der Waals surface area (Å²) in [5, 5.41) is 19.5. The Morgan fingerprint density at radius 3 is 2.56 bits per heavy atom. The number of carbonyl (C=O) groups excluding carboxylic acids is 1. The standard InChI is InChI=1S/C8H8ClN3O4/c9-6-2-10-4(1-11-6)7(14)12-5(3-13)8(15)16/h1-2,5,13H,3H2,(H,12,14)(H,15,16). The first-order valence-corrected chi connectivity index (χ1v) is 4.54. The van der Waals surface area contributed by atoms with Crippen LogP contribution in [0.1, 0.15) is 10.5 Å². The molecule has 8 heteroatoms. The van der Waals surface area contributed by atoms with E-state index in [4.69, 9.17) is 21.8 Å². The van der Waals surface area contributed by atoms with E-state index in [0.29, 0.717) is 0 Å². The number of carbonyl (C=O) groups is 2. The second-order valence-corrected chi connectivity index (χ2v) is 3.16. The maximum absolute atomic E-state index is 11.4. The molecule has 3 N–H and O–H groups in total. The van der Waals surface area contributed by atoms with Crippen LogP contribution in [0, 0.1) is 0 Å². The SMILES string of the molecule is O=C(NC(CO)C(=O)O)c1cnc(Cl)cn1. The molecule has 16 heavy (non-hydrogen) atoms. The van der Waals surface area contributed by atoms with Crippen LogP contribution in [0.4, 0.5) is 0 Å². The van der Waals surface area contributed by atoms with Gasteiger partial charge in [-0.2, -0.15) is 0 Å². The molecule has 1 aromatic rings. The Labute approximate surface area is 95.1 Å². The largest absolute Gasteiger partial charge is 0.480 e. The van der Waals surface area contributed by atoms with Gasteiger partial charge in [0.25, 0.3) is 5.91 Å². The van der Waals surface area contributed by atoms with E-state index >= 15 is 0 Å². The van der Waals surface area contributed by atoms with Crippen LogP contribution in [0.15, 0.2) is 12.4 Å². The van der Waals surface area contributed by atoms with Gasteiger partial charge in [-0.25, -0.2) is 14.8 Å². The summed E-state index contributed by atoms with van der Waals surface area (Å²) in [4.78, 5) is 29.2. The molecule has 0 saturated carbocycles. The highest BCUT2D eigenvalue weighted by molar-refractivity contribution is 6.29. The molecule has 0 aliphatic heterocycles. The number of carboxylic acids is 1. The molecule has 0 fully saturated rings. The molecule has 1 atom stereocenters. The van der Waals surface area contributed by atoms with E-state index in [0.717, 1.165) is 12.4 Å². The summed E-state index contributed by atoms with van der Waals surface area (Å²) in [5.41, 5.74) is -0.0795. The minimum Gasteiger partial charge on any atom is -0.480 e. The smallest absolute Gasteiger partial charge is 0.328 e. The van der Waals surface area contributed by atoms with Crippen LogP contribution >= 0.6 is 11.6 Å². The molecule has 86 valence electrons. The lowest BCUT2D eigenvalue weighted by Gasteiger charge is -2.10. The van der Waals surface area contributed by atoms with Crippen molar-refractivity contribution in [1.82, 2.24) is 15.3 Å². The Morgan fingerprint density at radius 2 is 2.12 bits per heavy atom. The van der Waals surface area contributed by atoms with Gasteiger partial charge in [0.05, 0.1) is 19.0 Å². The van der Waals surface area contributed by atoms with Crippen molar-refractivity contribution in [2.75, 3.05) is 6.61 Å². The third-order valence-corrected chi connectivity index (χ3v) is 1.83. The van der Waals surface area contributed by atoms with E-state index < -0.39 is 24.5 Å². The Hall–Kier alpha value is -1.73. The molecule has 1 unspecified atom stereocenters. The quantitative estimate of drug-likeness (QED) is 0.647. The molecule has 0 aliphatic rings. The van der Waals surface area contributed by atoms with Crippen LogP contribution in [0.2, 0.25) is 5.15 Å². The van der Waals surface area contributed by atoms with Gasteiger partial charge in [-0.05, 0) is 0 Å². The number of halogens is 1. The van der Waals surface area contributed by atoms with E-state index in [2.05, 4.69) is 15.3 Å². The zero-order chi connectivity index (χ0) is 12.1. The van der Waals surface area contributed by atoms with Gasteiger partial charge in [-0.1, -0.05) is 11.6 Å². The van der Waals surface area contributed by atoms with Gasteiger partial charge >= 0.3 is 5.97 Å². The van der Waals surface area contributed by atoms with E-state index in [9.17, 15) is 9.59 Å². The highest BCUT2D eigenvalue weighted by Crippen LogP contribution is 2.01. The summed E-state index contributed by atoms with van der Waals surface area (Å²) < 4.78 is 0. The van der Waals surface area contributed by atoms with Crippen molar-refractivity contribution < 1.29 is 19.8 Å². The van der Waals surface area contributed by atoms with Crippen LogP contribution in [0.5, 0.6) is 0 Å². The zero-order valence-electron chi connectivity index (χ0n) is 7.92. The van der Waals surface area contributed by atoms with Crippen LogP contribution in [0.3, 0.4) is 0 Å². The van der Waals surface area contributed by atoms with E-state index in [1.54, 1.807) is 0 Å². The van der Waals surface area contributed by atoms with Crippen molar-refractivity contribution in [3.63, 3.8) is 0 Å². The van der Waals surface area contributed by atoms with Crippen molar-refractivity contribution in [2.45, 2.75) is 6.04 Å². The molecule has 0 aromatic carbocycles. The molecular weight excluding hydrogens is 238 g/mol. The fourth-order valence-corrected chi connectivity index (χ4v) is 0.945. The van der Waals surface area contributed by atoms with Crippen molar-refractivity contribution in [3.8, 4) is 0 Å². The van der Waals surface area contributed by atoms with E-state index in [1.807, 2.05) is 0 Å². The summed E-state index contributed by atoms with van der Waals surface area (Å²) in [7, 11) is 0. The number of nitrogens with one attached hydrogen (secondary N) is 1. The van der Waals surface area contributed by atoms with Crippen LogP contribution in [-0.2, 0) is 4.79 Å².